The van der Waals surface area contributed by atoms with E-state index in [1.54, 1.807) is 19.1 Å². The Balaban J connectivity index is 1.80. The predicted molar refractivity (Wildman–Crippen MR) is 71.0 cm³/mol. The van der Waals surface area contributed by atoms with Crippen molar-refractivity contribution in [1.29, 1.82) is 0 Å². The van der Waals surface area contributed by atoms with Gasteiger partial charge in [-0.25, -0.2) is 9.97 Å². The van der Waals surface area contributed by atoms with Crippen LogP contribution in [0.3, 0.4) is 0 Å². The van der Waals surface area contributed by atoms with Crippen molar-refractivity contribution in [1.82, 2.24) is 25.5 Å². The molecular weight excluding hydrogens is 266 g/mol. The molecule has 0 saturated carbocycles. The maximum Gasteiger partial charge on any atom is 0.251 e. The molecule has 1 amide bonds. The van der Waals surface area contributed by atoms with E-state index in [1.807, 2.05) is 0 Å². The minimum Gasteiger partial charge on any atom is -0.352 e. The van der Waals surface area contributed by atoms with E-state index >= 15 is 0 Å². The number of pyridine rings is 1. The number of halogens is 1. The first kappa shape index (κ1) is 13.5. The molecule has 100 valence electrons. The van der Waals surface area contributed by atoms with Crippen LogP contribution in [0.25, 0.3) is 0 Å². The fourth-order valence-corrected chi connectivity index (χ4v) is 1.92. The van der Waals surface area contributed by atoms with Crippen molar-refractivity contribution >= 4 is 17.5 Å². The number of carbonyl (C=O) groups is 1. The van der Waals surface area contributed by atoms with Crippen molar-refractivity contribution in [2.24, 2.45) is 0 Å². The number of carbonyl (C=O) groups excluding carboxylic acids is 1. The van der Waals surface area contributed by atoms with Crippen molar-refractivity contribution in [3.05, 3.63) is 40.7 Å². The Morgan fingerprint density at radius 3 is 3.00 bits per heavy atom. The van der Waals surface area contributed by atoms with E-state index < -0.39 is 0 Å². The Hall–Kier alpha value is -1.95. The molecule has 0 aliphatic carbocycles. The highest BCUT2D eigenvalue weighted by Gasteiger charge is 2.07. The van der Waals surface area contributed by atoms with E-state index in [-0.39, 0.29) is 5.91 Å². The van der Waals surface area contributed by atoms with Crippen molar-refractivity contribution < 1.29 is 4.79 Å². The molecule has 6 nitrogen and oxygen atoms in total. The predicted octanol–water partition coefficient (Wildman–Crippen LogP) is 1.52. The molecule has 0 spiro atoms. The number of aryl methyl sites for hydroxylation is 2. The first-order valence-corrected chi connectivity index (χ1v) is 6.29. The molecule has 0 bridgehead atoms. The summed E-state index contributed by atoms with van der Waals surface area (Å²) in [5.41, 5.74) is 1.25. The third-order valence-corrected chi connectivity index (χ3v) is 2.72. The summed E-state index contributed by atoms with van der Waals surface area (Å²) in [6.07, 6.45) is 3.00. The molecule has 0 aliphatic rings. The molecule has 0 saturated heterocycles. The summed E-state index contributed by atoms with van der Waals surface area (Å²) < 4.78 is 0. The van der Waals surface area contributed by atoms with Crippen LogP contribution in [0, 0.1) is 6.92 Å². The highest BCUT2D eigenvalue weighted by Crippen LogP contribution is 2.10. The number of hydrogen-bond acceptors (Lipinski definition) is 4. The largest absolute Gasteiger partial charge is 0.352 e. The zero-order valence-electron chi connectivity index (χ0n) is 10.5. The van der Waals surface area contributed by atoms with Crippen LogP contribution in [0.15, 0.2) is 18.5 Å². The van der Waals surface area contributed by atoms with Gasteiger partial charge in [0.15, 0.2) is 0 Å². The highest BCUT2D eigenvalue weighted by atomic mass is 35.5. The van der Waals surface area contributed by atoms with Crippen molar-refractivity contribution in [3.63, 3.8) is 0 Å². The number of hydrogen-bond donors (Lipinski definition) is 2. The topological polar surface area (TPSA) is 83.6 Å². The number of aromatic amines is 1. The van der Waals surface area contributed by atoms with E-state index in [2.05, 4.69) is 25.5 Å². The van der Waals surface area contributed by atoms with Gasteiger partial charge in [-0.1, -0.05) is 11.6 Å². The van der Waals surface area contributed by atoms with E-state index in [0.29, 0.717) is 17.3 Å². The van der Waals surface area contributed by atoms with Gasteiger partial charge >= 0.3 is 0 Å². The molecule has 0 atom stereocenters. The van der Waals surface area contributed by atoms with Gasteiger partial charge in [-0.15, -0.1) is 0 Å². The molecule has 2 rings (SSSR count). The van der Waals surface area contributed by atoms with Crippen LogP contribution in [0.1, 0.15) is 28.3 Å². The third-order valence-electron chi connectivity index (χ3n) is 2.53. The minimum atomic E-state index is -0.148. The second-order valence-electron chi connectivity index (χ2n) is 4.11. The van der Waals surface area contributed by atoms with Crippen LogP contribution < -0.4 is 5.32 Å². The first-order chi connectivity index (χ1) is 9.15. The molecular formula is C12H14ClN5O. The van der Waals surface area contributed by atoms with E-state index in [4.69, 9.17) is 11.6 Å². The number of amides is 1. The van der Waals surface area contributed by atoms with Gasteiger partial charge in [0.05, 0.1) is 0 Å². The van der Waals surface area contributed by atoms with Gasteiger partial charge < -0.3 is 5.32 Å². The van der Waals surface area contributed by atoms with Crippen LogP contribution in [0.4, 0.5) is 0 Å². The molecule has 2 heterocycles. The number of nitrogens with one attached hydrogen (secondary N) is 2. The van der Waals surface area contributed by atoms with Crippen LogP contribution in [-0.2, 0) is 6.42 Å². The summed E-state index contributed by atoms with van der Waals surface area (Å²) >= 11 is 5.81. The number of aromatic nitrogens is 4. The summed E-state index contributed by atoms with van der Waals surface area (Å²) in [5, 5.41) is 9.68. The zero-order valence-corrected chi connectivity index (χ0v) is 11.2. The minimum absolute atomic E-state index is 0.148. The second-order valence-corrected chi connectivity index (χ2v) is 4.50. The monoisotopic (exact) mass is 279 g/mol. The van der Waals surface area contributed by atoms with E-state index in [1.165, 1.54) is 6.33 Å². The summed E-state index contributed by atoms with van der Waals surface area (Å²) in [4.78, 5) is 19.9. The molecule has 7 heteroatoms. The summed E-state index contributed by atoms with van der Waals surface area (Å²) in [6, 6.07) is 3.26. The number of H-pyrrole nitrogens is 1. The van der Waals surface area contributed by atoms with E-state index in [0.717, 1.165) is 24.4 Å². The summed E-state index contributed by atoms with van der Waals surface area (Å²) in [7, 11) is 0. The lowest BCUT2D eigenvalue weighted by Crippen LogP contribution is -2.25. The van der Waals surface area contributed by atoms with Crippen LogP contribution in [-0.4, -0.2) is 32.6 Å². The molecule has 0 fully saturated rings. The maximum absolute atomic E-state index is 11.9. The van der Waals surface area contributed by atoms with Crippen LogP contribution in [0.2, 0.25) is 5.15 Å². The van der Waals surface area contributed by atoms with Crippen LogP contribution in [0.5, 0.6) is 0 Å². The molecule has 2 aromatic heterocycles. The average molecular weight is 280 g/mol. The Kier molecular flexibility index (Phi) is 4.46. The Labute approximate surface area is 115 Å². The van der Waals surface area contributed by atoms with Gasteiger partial charge in [-0.3, -0.25) is 9.89 Å². The summed E-state index contributed by atoms with van der Waals surface area (Å²) in [5.74, 6) is 0.669. The lowest BCUT2D eigenvalue weighted by atomic mass is 10.2. The van der Waals surface area contributed by atoms with Crippen molar-refractivity contribution in [2.45, 2.75) is 19.8 Å². The van der Waals surface area contributed by atoms with E-state index in [9.17, 15) is 4.79 Å². The van der Waals surface area contributed by atoms with Crippen LogP contribution >= 0.6 is 11.6 Å². The molecule has 0 unspecified atom stereocenters. The molecule has 2 aromatic rings. The van der Waals surface area contributed by atoms with Gasteiger partial charge in [-0.05, 0) is 25.5 Å². The van der Waals surface area contributed by atoms with Gasteiger partial charge in [0.25, 0.3) is 5.91 Å². The average Bonchev–Trinajstić information content (AvgIpc) is 2.86. The maximum atomic E-state index is 11.9. The standard InChI is InChI=1S/C12H14ClN5O/c1-8-5-9(6-10(13)17-8)12(19)14-4-2-3-11-15-7-16-18-11/h5-7H,2-4H2,1H3,(H,14,19)(H,15,16,18). The molecule has 0 aliphatic heterocycles. The second kappa shape index (κ2) is 6.29. The fourth-order valence-electron chi connectivity index (χ4n) is 1.67. The number of rotatable bonds is 5. The quantitative estimate of drug-likeness (QED) is 0.642. The molecule has 19 heavy (non-hydrogen) atoms. The van der Waals surface area contributed by atoms with Crippen molar-refractivity contribution in [2.75, 3.05) is 6.54 Å². The van der Waals surface area contributed by atoms with Gasteiger partial charge in [-0.2, -0.15) is 5.10 Å². The fraction of sp³-hybridized carbons (Fsp3) is 0.333. The number of nitrogens with zero attached hydrogens (tertiary/aromatic N) is 3. The van der Waals surface area contributed by atoms with Gasteiger partial charge in [0.1, 0.15) is 17.3 Å². The Morgan fingerprint density at radius 2 is 2.32 bits per heavy atom. The Morgan fingerprint density at radius 1 is 1.47 bits per heavy atom. The molecule has 2 N–H and O–H groups in total. The first-order valence-electron chi connectivity index (χ1n) is 5.92. The lowest BCUT2D eigenvalue weighted by molar-refractivity contribution is 0.0953. The third kappa shape index (κ3) is 4.03. The van der Waals surface area contributed by atoms with Crippen molar-refractivity contribution in [3.8, 4) is 0 Å². The van der Waals surface area contributed by atoms with Gasteiger partial charge in [0.2, 0.25) is 0 Å². The highest BCUT2D eigenvalue weighted by molar-refractivity contribution is 6.29. The SMILES string of the molecule is Cc1cc(C(=O)NCCCc2ncn[nH]2)cc(Cl)n1. The lowest BCUT2D eigenvalue weighted by Gasteiger charge is -2.05. The molecule has 0 radical (unpaired) electrons. The zero-order chi connectivity index (χ0) is 13.7. The van der Waals surface area contributed by atoms with Gasteiger partial charge in [0, 0.05) is 24.2 Å². The molecule has 0 aromatic carbocycles. The Bertz CT molecular complexity index is 535. The smallest absolute Gasteiger partial charge is 0.251 e. The summed E-state index contributed by atoms with van der Waals surface area (Å²) in [6.45, 7) is 2.37. The normalized spacial score (nSPS) is 10.4.